The fraction of sp³-hybridized carbons (Fsp3) is 0.312. The van der Waals surface area contributed by atoms with Gasteiger partial charge in [0.05, 0.1) is 12.8 Å². The minimum absolute atomic E-state index is 0.387. The van der Waals surface area contributed by atoms with E-state index in [1.165, 1.54) is 0 Å². The average Bonchev–Trinajstić information content (AvgIpc) is 2.52. The summed E-state index contributed by atoms with van der Waals surface area (Å²) < 4.78 is 11.3. The van der Waals surface area contributed by atoms with Crippen molar-refractivity contribution < 1.29 is 9.47 Å². The van der Waals surface area contributed by atoms with Crippen molar-refractivity contribution in [3.63, 3.8) is 0 Å². The quantitative estimate of drug-likeness (QED) is 0.851. The Morgan fingerprint density at radius 2 is 2.14 bits per heavy atom. The molecule has 0 aliphatic carbocycles. The Labute approximate surface area is 130 Å². The summed E-state index contributed by atoms with van der Waals surface area (Å²) in [4.78, 5) is 4.25. The van der Waals surface area contributed by atoms with Crippen molar-refractivity contribution in [2.24, 2.45) is 0 Å². The molecular weight excluding hydrogens is 288 g/mol. The topological polar surface area (TPSA) is 43.4 Å². The summed E-state index contributed by atoms with van der Waals surface area (Å²) in [5, 5.41) is 3.90. The molecule has 0 amide bonds. The van der Waals surface area contributed by atoms with Crippen molar-refractivity contribution in [2.75, 3.05) is 13.7 Å². The molecule has 0 saturated carbocycles. The maximum Gasteiger partial charge on any atom is 0.166 e. The first kappa shape index (κ1) is 15.6. The van der Waals surface area contributed by atoms with Crippen LogP contribution in [0.4, 0.5) is 0 Å². The molecule has 0 aliphatic heterocycles. The van der Waals surface area contributed by atoms with Crippen LogP contribution in [0, 0.1) is 0 Å². The largest absolute Gasteiger partial charge is 0.493 e. The summed E-state index contributed by atoms with van der Waals surface area (Å²) >= 11 is 6.12. The van der Waals surface area contributed by atoms with Crippen molar-refractivity contribution in [3.05, 3.63) is 52.8 Å². The predicted octanol–water partition coefficient (Wildman–Crippen LogP) is 3.43. The van der Waals surface area contributed by atoms with Gasteiger partial charge in [-0.3, -0.25) is 4.98 Å². The molecule has 0 aliphatic rings. The summed E-state index contributed by atoms with van der Waals surface area (Å²) in [6.07, 6.45) is 1.75. The number of methoxy groups -OCH3 is 1. The number of rotatable bonds is 7. The molecule has 1 heterocycles. The van der Waals surface area contributed by atoms with Gasteiger partial charge in [0.15, 0.2) is 11.5 Å². The van der Waals surface area contributed by atoms with Gasteiger partial charge in [-0.2, -0.15) is 0 Å². The van der Waals surface area contributed by atoms with E-state index in [4.69, 9.17) is 21.1 Å². The van der Waals surface area contributed by atoms with Gasteiger partial charge >= 0.3 is 0 Å². The molecule has 0 fully saturated rings. The van der Waals surface area contributed by atoms with E-state index in [1.807, 2.05) is 24.3 Å². The summed E-state index contributed by atoms with van der Waals surface area (Å²) in [7, 11) is 1.61. The molecule has 0 spiro atoms. The van der Waals surface area contributed by atoms with Gasteiger partial charge in [-0.05, 0) is 24.7 Å². The van der Waals surface area contributed by atoms with Crippen LogP contribution in [0.3, 0.4) is 0 Å². The van der Waals surface area contributed by atoms with Crippen molar-refractivity contribution >= 4 is 11.6 Å². The number of hydrogen-bond donors (Lipinski definition) is 1. The summed E-state index contributed by atoms with van der Waals surface area (Å²) in [5.74, 6) is 1.33. The zero-order valence-electron chi connectivity index (χ0n) is 12.2. The van der Waals surface area contributed by atoms with Gasteiger partial charge in [0.1, 0.15) is 6.61 Å². The number of pyridine rings is 1. The van der Waals surface area contributed by atoms with Crippen LogP contribution in [0.2, 0.25) is 5.02 Å². The second kappa shape index (κ2) is 7.86. The maximum absolute atomic E-state index is 6.12. The molecule has 2 aromatic rings. The molecule has 0 radical (unpaired) electrons. The molecule has 1 aromatic heterocycles. The first-order valence-corrected chi connectivity index (χ1v) is 7.22. The molecule has 0 saturated heterocycles. The van der Waals surface area contributed by atoms with E-state index in [-0.39, 0.29) is 0 Å². The average molecular weight is 307 g/mol. The fourth-order valence-corrected chi connectivity index (χ4v) is 2.19. The van der Waals surface area contributed by atoms with Crippen molar-refractivity contribution in [1.82, 2.24) is 10.3 Å². The monoisotopic (exact) mass is 306 g/mol. The molecule has 0 bridgehead atoms. The first-order chi connectivity index (χ1) is 10.2. The van der Waals surface area contributed by atoms with Crippen LogP contribution in [-0.4, -0.2) is 18.6 Å². The highest BCUT2D eigenvalue weighted by atomic mass is 35.5. The van der Waals surface area contributed by atoms with Crippen LogP contribution < -0.4 is 14.8 Å². The molecule has 2 rings (SSSR count). The van der Waals surface area contributed by atoms with E-state index in [0.29, 0.717) is 29.7 Å². The highest BCUT2D eigenvalue weighted by Gasteiger charge is 2.13. The van der Waals surface area contributed by atoms with Crippen LogP contribution in [0.5, 0.6) is 11.5 Å². The van der Waals surface area contributed by atoms with Crippen molar-refractivity contribution in [3.8, 4) is 11.5 Å². The molecule has 0 atom stereocenters. The zero-order valence-corrected chi connectivity index (χ0v) is 13.0. The van der Waals surface area contributed by atoms with E-state index < -0.39 is 0 Å². The van der Waals surface area contributed by atoms with E-state index >= 15 is 0 Å². The van der Waals surface area contributed by atoms with E-state index in [1.54, 1.807) is 19.4 Å². The lowest BCUT2D eigenvalue weighted by Gasteiger charge is -2.16. The summed E-state index contributed by atoms with van der Waals surface area (Å²) in [5.41, 5.74) is 1.83. The van der Waals surface area contributed by atoms with Crippen LogP contribution in [-0.2, 0) is 13.2 Å². The van der Waals surface area contributed by atoms with Crippen LogP contribution >= 0.6 is 11.6 Å². The summed E-state index contributed by atoms with van der Waals surface area (Å²) in [6, 6.07) is 9.38. The number of benzene rings is 1. The normalized spacial score (nSPS) is 10.4. The molecular formula is C16H19ClN2O2. The molecule has 1 N–H and O–H groups in total. The van der Waals surface area contributed by atoms with Crippen LogP contribution in [0.15, 0.2) is 36.5 Å². The Balaban J connectivity index is 2.22. The number of aromatic nitrogens is 1. The Hall–Kier alpha value is -1.78. The highest BCUT2D eigenvalue weighted by molar-refractivity contribution is 6.30. The lowest BCUT2D eigenvalue weighted by molar-refractivity contribution is 0.277. The second-order valence-electron chi connectivity index (χ2n) is 4.49. The summed E-state index contributed by atoms with van der Waals surface area (Å²) in [6.45, 7) is 3.98. The molecule has 0 unspecified atom stereocenters. The SMILES string of the molecule is CCNCc1cc(Cl)cc(OC)c1OCc1ccccn1. The van der Waals surface area contributed by atoms with Gasteiger partial charge < -0.3 is 14.8 Å². The number of nitrogens with one attached hydrogen (secondary N) is 1. The smallest absolute Gasteiger partial charge is 0.166 e. The molecule has 4 nitrogen and oxygen atoms in total. The minimum atomic E-state index is 0.387. The number of halogens is 1. The second-order valence-corrected chi connectivity index (χ2v) is 4.92. The standard InChI is InChI=1S/C16H19ClN2O2/c1-3-18-10-12-8-13(17)9-15(20-2)16(12)21-11-14-6-4-5-7-19-14/h4-9,18H,3,10-11H2,1-2H3. The Morgan fingerprint density at radius 1 is 1.29 bits per heavy atom. The van der Waals surface area contributed by atoms with Crippen LogP contribution in [0.1, 0.15) is 18.2 Å². The number of ether oxygens (including phenoxy) is 2. The number of nitrogens with zero attached hydrogens (tertiary/aromatic N) is 1. The Bertz CT molecular complexity index is 576. The Kier molecular flexibility index (Phi) is 5.84. The van der Waals surface area contributed by atoms with Crippen molar-refractivity contribution in [1.29, 1.82) is 0 Å². The number of hydrogen-bond acceptors (Lipinski definition) is 4. The third kappa shape index (κ3) is 4.34. The van der Waals surface area contributed by atoms with Gasteiger partial charge in [0, 0.05) is 29.4 Å². The Morgan fingerprint density at radius 3 is 2.81 bits per heavy atom. The fourth-order valence-electron chi connectivity index (χ4n) is 1.96. The lowest BCUT2D eigenvalue weighted by atomic mass is 10.1. The van der Waals surface area contributed by atoms with Gasteiger partial charge in [-0.1, -0.05) is 24.6 Å². The van der Waals surface area contributed by atoms with Gasteiger partial charge in [0.25, 0.3) is 0 Å². The molecule has 112 valence electrons. The van der Waals surface area contributed by atoms with Gasteiger partial charge in [-0.25, -0.2) is 0 Å². The predicted molar refractivity (Wildman–Crippen MR) is 84.0 cm³/mol. The zero-order chi connectivity index (χ0) is 15.1. The van der Waals surface area contributed by atoms with E-state index in [9.17, 15) is 0 Å². The van der Waals surface area contributed by atoms with Crippen LogP contribution in [0.25, 0.3) is 0 Å². The van der Waals surface area contributed by atoms with Gasteiger partial charge in [0.2, 0.25) is 0 Å². The molecule has 5 heteroatoms. The molecule has 21 heavy (non-hydrogen) atoms. The van der Waals surface area contributed by atoms with E-state index in [2.05, 4.69) is 17.2 Å². The lowest BCUT2D eigenvalue weighted by Crippen LogP contribution is -2.13. The minimum Gasteiger partial charge on any atom is -0.493 e. The van der Waals surface area contributed by atoms with E-state index in [0.717, 1.165) is 17.8 Å². The third-order valence-corrected chi connectivity index (χ3v) is 3.19. The molecule has 1 aromatic carbocycles. The third-order valence-electron chi connectivity index (χ3n) is 2.97. The maximum atomic E-state index is 6.12. The highest BCUT2D eigenvalue weighted by Crippen LogP contribution is 2.35. The van der Waals surface area contributed by atoms with Gasteiger partial charge in [-0.15, -0.1) is 0 Å². The van der Waals surface area contributed by atoms with Crippen molar-refractivity contribution in [2.45, 2.75) is 20.1 Å². The first-order valence-electron chi connectivity index (χ1n) is 6.84.